The van der Waals surface area contributed by atoms with Crippen molar-refractivity contribution in [2.75, 3.05) is 0 Å². The minimum absolute atomic E-state index is 0.0424. The molecule has 1 unspecified atom stereocenters. The van der Waals surface area contributed by atoms with Crippen LogP contribution in [0.1, 0.15) is 33.3 Å². The molecule has 0 radical (unpaired) electrons. The second kappa shape index (κ2) is 7.11. The van der Waals surface area contributed by atoms with E-state index in [1.807, 2.05) is 0 Å². The van der Waals surface area contributed by atoms with E-state index in [4.69, 9.17) is 16.0 Å². The van der Waals surface area contributed by atoms with Gasteiger partial charge in [-0.3, -0.25) is 9.59 Å². The Labute approximate surface area is 176 Å². The fraction of sp³-hybridized carbons (Fsp3) is 0.0833. The van der Waals surface area contributed by atoms with Gasteiger partial charge in [0.15, 0.2) is 5.43 Å². The molecule has 1 aromatic heterocycles. The van der Waals surface area contributed by atoms with Crippen LogP contribution in [0.4, 0.5) is 4.39 Å². The van der Waals surface area contributed by atoms with Crippen LogP contribution in [0.15, 0.2) is 82.0 Å². The molecule has 3 aromatic carbocycles. The summed E-state index contributed by atoms with van der Waals surface area (Å²) in [5, 5.41) is 0.977. The second-order valence-electron chi connectivity index (χ2n) is 7.18. The van der Waals surface area contributed by atoms with Crippen molar-refractivity contribution in [1.29, 1.82) is 0 Å². The van der Waals surface area contributed by atoms with E-state index < -0.39 is 6.04 Å². The minimum Gasteiger partial charge on any atom is -0.450 e. The fourth-order valence-corrected chi connectivity index (χ4v) is 4.03. The molecule has 1 aliphatic heterocycles. The molecule has 1 amide bonds. The Morgan fingerprint density at radius 2 is 1.63 bits per heavy atom. The van der Waals surface area contributed by atoms with Crippen LogP contribution in [0.2, 0.25) is 5.02 Å². The molecular weight excluding hydrogens is 405 g/mol. The fourth-order valence-electron chi connectivity index (χ4n) is 3.91. The summed E-state index contributed by atoms with van der Waals surface area (Å²) in [6, 6.07) is 19.2. The molecule has 4 nitrogen and oxygen atoms in total. The largest absolute Gasteiger partial charge is 0.450 e. The van der Waals surface area contributed by atoms with Crippen LogP contribution < -0.4 is 5.43 Å². The summed E-state index contributed by atoms with van der Waals surface area (Å²) in [7, 11) is 0. The molecule has 0 saturated carbocycles. The number of hydrogen-bond acceptors (Lipinski definition) is 3. The van der Waals surface area contributed by atoms with Crippen molar-refractivity contribution >= 4 is 28.5 Å². The van der Waals surface area contributed by atoms with Gasteiger partial charge in [-0.1, -0.05) is 48.0 Å². The molecular formula is C24H15ClFNO3. The maximum atomic E-state index is 13.3. The van der Waals surface area contributed by atoms with E-state index in [1.54, 1.807) is 65.6 Å². The average Bonchev–Trinajstić information content (AvgIpc) is 3.03. The lowest BCUT2D eigenvalue weighted by atomic mass is 9.98. The quantitative estimate of drug-likeness (QED) is 0.451. The summed E-state index contributed by atoms with van der Waals surface area (Å²) in [4.78, 5) is 28.2. The first-order chi connectivity index (χ1) is 14.5. The van der Waals surface area contributed by atoms with Crippen LogP contribution in [0, 0.1) is 5.82 Å². The lowest BCUT2D eigenvalue weighted by molar-refractivity contribution is 0.0714. The van der Waals surface area contributed by atoms with Crippen molar-refractivity contribution in [2.24, 2.45) is 0 Å². The summed E-state index contributed by atoms with van der Waals surface area (Å²) < 4.78 is 19.2. The van der Waals surface area contributed by atoms with Crippen molar-refractivity contribution in [2.45, 2.75) is 12.6 Å². The molecule has 0 N–H and O–H groups in total. The highest BCUT2D eigenvalue weighted by Gasteiger charge is 2.42. The smallest absolute Gasteiger partial charge is 0.291 e. The van der Waals surface area contributed by atoms with E-state index in [1.165, 1.54) is 12.1 Å². The summed E-state index contributed by atoms with van der Waals surface area (Å²) >= 11 is 6.04. The van der Waals surface area contributed by atoms with Crippen LogP contribution in [0.5, 0.6) is 0 Å². The van der Waals surface area contributed by atoms with E-state index in [9.17, 15) is 14.0 Å². The van der Waals surface area contributed by atoms with E-state index in [-0.39, 0.29) is 29.5 Å². The van der Waals surface area contributed by atoms with Crippen LogP contribution >= 0.6 is 11.6 Å². The molecule has 0 saturated heterocycles. The average molecular weight is 420 g/mol. The normalized spacial score (nSPS) is 15.6. The van der Waals surface area contributed by atoms with Gasteiger partial charge in [-0.05, 0) is 47.5 Å². The van der Waals surface area contributed by atoms with Crippen molar-refractivity contribution < 1.29 is 13.6 Å². The zero-order valence-corrected chi connectivity index (χ0v) is 16.4. The predicted octanol–water partition coefficient (Wildman–Crippen LogP) is 5.33. The number of amides is 1. The van der Waals surface area contributed by atoms with Gasteiger partial charge in [0.05, 0.1) is 17.0 Å². The highest BCUT2D eigenvalue weighted by molar-refractivity contribution is 6.30. The maximum absolute atomic E-state index is 13.3. The predicted molar refractivity (Wildman–Crippen MR) is 112 cm³/mol. The Morgan fingerprint density at radius 1 is 0.933 bits per heavy atom. The second-order valence-corrected chi connectivity index (χ2v) is 7.62. The highest BCUT2D eigenvalue weighted by atomic mass is 35.5. The molecule has 1 aliphatic rings. The molecule has 4 aromatic rings. The van der Waals surface area contributed by atoms with Gasteiger partial charge >= 0.3 is 0 Å². The number of fused-ring (bicyclic) bond motifs is 2. The number of para-hydroxylation sites is 1. The molecule has 5 rings (SSSR count). The number of carbonyl (C=O) groups is 1. The third kappa shape index (κ3) is 2.99. The van der Waals surface area contributed by atoms with E-state index in [0.29, 0.717) is 21.6 Å². The Balaban J connectivity index is 1.71. The van der Waals surface area contributed by atoms with Gasteiger partial charge < -0.3 is 9.32 Å². The summed E-state index contributed by atoms with van der Waals surface area (Å²) in [5.74, 6) is -0.690. The number of carbonyl (C=O) groups excluding carboxylic acids is 1. The van der Waals surface area contributed by atoms with Gasteiger partial charge in [-0.25, -0.2) is 4.39 Å². The lowest BCUT2D eigenvalue weighted by Gasteiger charge is -2.25. The number of rotatable bonds is 3. The Morgan fingerprint density at radius 3 is 2.37 bits per heavy atom. The third-order valence-corrected chi connectivity index (χ3v) is 5.58. The topological polar surface area (TPSA) is 50.5 Å². The Bertz CT molecular complexity index is 1330. The van der Waals surface area contributed by atoms with Crippen LogP contribution in [-0.4, -0.2) is 10.8 Å². The minimum atomic E-state index is -0.629. The van der Waals surface area contributed by atoms with Gasteiger partial charge in [0.25, 0.3) is 5.91 Å². The standard InChI is InChI=1S/C24H15ClFNO3/c25-16-9-7-15(8-10-16)21-20-22(28)18-3-1-2-4-19(18)30-23(20)24(29)27(21)13-14-5-11-17(26)12-6-14/h1-12,21H,13H2. The zero-order valence-electron chi connectivity index (χ0n) is 15.6. The van der Waals surface area contributed by atoms with Crippen LogP contribution in [-0.2, 0) is 6.54 Å². The molecule has 1 atom stereocenters. The number of nitrogens with zero attached hydrogens (tertiary/aromatic N) is 1. The Hall–Kier alpha value is -3.44. The molecule has 148 valence electrons. The molecule has 6 heteroatoms. The SMILES string of the molecule is O=C1c2oc3ccccc3c(=O)c2C(c2ccc(Cl)cc2)N1Cc1ccc(F)cc1. The van der Waals surface area contributed by atoms with Crippen LogP contribution in [0.3, 0.4) is 0 Å². The van der Waals surface area contributed by atoms with Gasteiger partial charge in [0, 0.05) is 11.6 Å². The van der Waals surface area contributed by atoms with E-state index >= 15 is 0 Å². The first kappa shape index (κ1) is 18.6. The number of hydrogen-bond donors (Lipinski definition) is 0. The molecule has 2 heterocycles. The molecule has 30 heavy (non-hydrogen) atoms. The summed E-state index contributed by atoms with van der Waals surface area (Å²) in [5.41, 5.74) is 1.93. The van der Waals surface area contributed by atoms with Gasteiger partial charge in [-0.2, -0.15) is 0 Å². The molecule has 0 spiro atoms. The maximum Gasteiger partial charge on any atom is 0.291 e. The molecule has 0 fully saturated rings. The monoisotopic (exact) mass is 419 g/mol. The lowest BCUT2D eigenvalue weighted by Crippen LogP contribution is -2.29. The van der Waals surface area contributed by atoms with E-state index in [0.717, 1.165) is 11.1 Å². The van der Waals surface area contributed by atoms with Crippen molar-refractivity contribution in [1.82, 2.24) is 4.90 Å². The zero-order chi connectivity index (χ0) is 20.8. The molecule has 0 aliphatic carbocycles. The number of benzene rings is 3. The van der Waals surface area contributed by atoms with Gasteiger partial charge in [0.2, 0.25) is 5.76 Å². The van der Waals surface area contributed by atoms with Crippen LogP contribution in [0.25, 0.3) is 11.0 Å². The molecule has 0 bridgehead atoms. The van der Waals surface area contributed by atoms with Crippen molar-refractivity contribution in [3.63, 3.8) is 0 Å². The Kier molecular flexibility index (Phi) is 4.40. The third-order valence-electron chi connectivity index (χ3n) is 5.33. The number of halogens is 2. The first-order valence-corrected chi connectivity index (χ1v) is 9.77. The first-order valence-electron chi connectivity index (χ1n) is 9.39. The van der Waals surface area contributed by atoms with E-state index in [2.05, 4.69) is 0 Å². The summed E-state index contributed by atoms with van der Waals surface area (Å²) in [6.45, 7) is 0.201. The van der Waals surface area contributed by atoms with Gasteiger partial charge in [-0.15, -0.1) is 0 Å². The van der Waals surface area contributed by atoms with Gasteiger partial charge in [0.1, 0.15) is 11.4 Å². The van der Waals surface area contributed by atoms with Crippen molar-refractivity contribution in [3.05, 3.63) is 116 Å². The van der Waals surface area contributed by atoms with Crippen molar-refractivity contribution in [3.8, 4) is 0 Å². The summed E-state index contributed by atoms with van der Waals surface area (Å²) in [6.07, 6.45) is 0. The highest BCUT2D eigenvalue weighted by Crippen LogP contribution is 2.39.